The van der Waals surface area contributed by atoms with Gasteiger partial charge in [-0.2, -0.15) is 5.10 Å². The highest BCUT2D eigenvalue weighted by atomic mass is 35.5. The number of hydrogen-bond donors (Lipinski definition) is 1. The first-order valence-corrected chi connectivity index (χ1v) is 7.58. The standard InChI is InChI=1S/C14H24ClN3/c1-3-8-14(9-6-5-7-10-16-14)13-12(15)11-17-18(13)4-2/h11,16H,3-10H2,1-2H3. The number of nitrogens with zero attached hydrogens (tertiary/aromatic N) is 2. The van der Waals surface area contributed by atoms with E-state index in [2.05, 4.69) is 28.9 Å². The highest BCUT2D eigenvalue weighted by molar-refractivity contribution is 6.31. The first kappa shape index (κ1) is 13.9. The van der Waals surface area contributed by atoms with E-state index in [1.165, 1.54) is 31.4 Å². The Morgan fingerprint density at radius 2 is 2.22 bits per heavy atom. The zero-order chi connectivity index (χ0) is 13.0. The number of nitrogens with one attached hydrogen (secondary N) is 1. The number of hydrogen-bond acceptors (Lipinski definition) is 2. The Morgan fingerprint density at radius 3 is 2.94 bits per heavy atom. The Balaban J connectivity index is 2.41. The van der Waals surface area contributed by atoms with E-state index in [1.807, 2.05) is 0 Å². The molecule has 0 radical (unpaired) electrons. The van der Waals surface area contributed by atoms with Crippen LogP contribution in [0, 0.1) is 0 Å². The molecule has 1 aliphatic heterocycles. The Hall–Kier alpha value is -0.540. The fourth-order valence-electron chi connectivity index (χ4n) is 3.18. The predicted octanol–water partition coefficient (Wildman–Crippen LogP) is 3.72. The number of halogens is 1. The molecule has 1 unspecified atom stereocenters. The lowest BCUT2D eigenvalue weighted by molar-refractivity contribution is 0.275. The van der Waals surface area contributed by atoms with Crippen molar-refractivity contribution in [1.29, 1.82) is 0 Å². The van der Waals surface area contributed by atoms with Crippen molar-refractivity contribution in [3.8, 4) is 0 Å². The SMILES string of the molecule is CCCC1(c2c(Cl)cnn2CC)CCCCCN1. The second-order valence-corrected chi connectivity index (χ2v) is 5.63. The van der Waals surface area contributed by atoms with Crippen molar-refractivity contribution in [2.24, 2.45) is 0 Å². The van der Waals surface area contributed by atoms with Crippen LogP contribution in [0.4, 0.5) is 0 Å². The minimum absolute atomic E-state index is 0.0366. The van der Waals surface area contributed by atoms with Crippen LogP contribution in [0.25, 0.3) is 0 Å². The minimum Gasteiger partial charge on any atom is -0.306 e. The smallest absolute Gasteiger partial charge is 0.0837 e. The van der Waals surface area contributed by atoms with Crippen molar-refractivity contribution in [2.45, 2.75) is 64.5 Å². The van der Waals surface area contributed by atoms with Gasteiger partial charge in [0.05, 0.1) is 22.5 Å². The van der Waals surface area contributed by atoms with E-state index in [-0.39, 0.29) is 5.54 Å². The Bertz CT molecular complexity index is 378. The molecule has 2 rings (SSSR count). The molecule has 18 heavy (non-hydrogen) atoms. The van der Waals surface area contributed by atoms with Crippen molar-refractivity contribution in [3.05, 3.63) is 16.9 Å². The zero-order valence-electron chi connectivity index (χ0n) is 11.5. The molecule has 102 valence electrons. The molecule has 1 saturated heterocycles. The lowest BCUT2D eigenvalue weighted by Crippen LogP contribution is -2.43. The molecule has 3 nitrogen and oxygen atoms in total. The van der Waals surface area contributed by atoms with E-state index in [9.17, 15) is 0 Å². The van der Waals surface area contributed by atoms with Gasteiger partial charge in [0, 0.05) is 6.54 Å². The third-order valence-corrected chi connectivity index (χ3v) is 4.24. The summed E-state index contributed by atoms with van der Waals surface area (Å²) in [4.78, 5) is 0. The number of rotatable bonds is 4. The van der Waals surface area contributed by atoms with Crippen molar-refractivity contribution < 1.29 is 0 Å². The molecule has 1 atom stereocenters. The third-order valence-electron chi connectivity index (χ3n) is 3.97. The van der Waals surface area contributed by atoms with E-state index in [0.29, 0.717) is 0 Å². The average molecular weight is 270 g/mol. The molecule has 0 saturated carbocycles. The topological polar surface area (TPSA) is 29.9 Å². The number of aromatic nitrogens is 2. The van der Waals surface area contributed by atoms with Crippen molar-refractivity contribution in [1.82, 2.24) is 15.1 Å². The summed E-state index contributed by atoms with van der Waals surface area (Å²) in [6.07, 6.45) is 9.13. The summed E-state index contributed by atoms with van der Waals surface area (Å²) in [6, 6.07) is 0. The highest BCUT2D eigenvalue weighted by Crippen LogP contribution is 2.37. The molecule has 0 aliphatic carbocycles. The monoisotopic (exact) mass is 269 g/mol. The van der Waals surface area contributed by atoms with E-state index in [1.54, 1.807) is 6.20 Å². The van der Waals surface area contributed by atoms with Crippen LogP contribution < -0.4 is 5.32 Å². The van der Waals surface area contributed by atoms with Crippen LogP contribution in [-0.4, -0.2) is 16.3 Å². The number of aryl methyl sites for hydroxylation is 1. The van der Waals surface area contributed by atoms with Gasteiger partial charge in [-0.25, -0.2) is 0 Å². The van der Waals surface area contributed by atoms with Crippen LogP contribution in [0.5, 0.6) is 0 Å². The van der Waals surface area contributed by atoms with Gasteiger partial charge in [-0.05, 0) is 32.7 Å². The summed E-state index contributed by atoms with van der Waals surface area (Å²) in [5.41, 5.74) is 1.24. The largest absolute Gasteiger partial charge is 0.306 e. The van der Waals surface area contributed by atoms with Gasteiger partial charge in [-0.1, -0.05) is 37.8 Å². The average Bonchev–Trinajstić information content (AvgIpc) is 2.60. The van der Waals surface area contributed by atoms with E-state index in [0.717, 1.165) is 31.0 Å². The Kier molecular flexibility index (Phi) is 4.68. The summed E-state index contributed by atoms with van der Waals surface area (Å²) < 4.78 is 2.07. The fourth-order valence-corrected chi connectivity index (χ4v) is 3.51. The summed E-state index contributed by atoms with van der Waals surface area (Å²) in [7, 11) is 0. The van der Waals surface area contributed by atoms with Crippen LogP contribution in [0.3, 0.4) is 0 Å². The van der Waals surface area contributed by atoms with Gasteiger partial charge < -0.3 is 5.32 Å². The molecule has 0 amide bonds. The highest BCUT2D eigenvalue weighted by Gasteiger charge is 2.36. The van der Waals surface area contributed by atoms with Crippen LogP contribution in [0.1, 0.15) is 58.1 Å². The van der Waals surface area contributed by atoms with Crippen LogP contribution >= 0.6 is 11.6 Å². The van der Waals surface area contributed by atoms with Crippen LogP contribution in [0.2, 0.25) is 5.02 Å². The molecule has 1 aliphatic rings. The maximum Gasteiger partial charge on any atom is 0.0837 e. The van der Waals surface area contributed by atoms with Crippen molar-refractivity contribution in [3.63, 3.8) is 0 Å². The summed E-state index contributed by atoms with van der Waals surface area (Å²) in [6.45, 7) is 6.35. The van der Waals surface area contributed by atoms with Gasteiger partial charge in [0.1, 0.15) is 0 Å². The van der Waals surface area contributed by atoms with Gasteiger partial charge in [-0.15, -0.1) is 0 Å². The molecule has 1 aromatic heterocycles. The lowest BCUT2D eigenvalue weighted by Gasteiger charge is -2.34. The molecule has 0 spiro atoms. The summed E-state index contributed by atoms with van der Waals surface area (Å²) in [5.74, 6) is 0. The van der Waals surface area contributed by atoms with Gasteiger partial charge >= 0.3 is 0 Å². The summed E-state index contributed by atoms with van der Waals surface area (Å²) in [5, 5.41) is 9.00. The fraction of sp³-hybridized carbons (Fsp3) is 0.786. The quantitative estimate of drug-likeness (QED) is 0.903. The molecular weight excluding hydrogens is 246 g/mol. The molecule has 1 aromatic rings. The minimum atomic E-state index is 0.0366. The van der Waals surface area contributed by atoms with Crippen molar-refractivity contribution in [2.75, 3.05) is 6.54 Å². The Labute approximate surface area is 115 Å². The first-order valence-electron chi connectivity index (χ1n) is 7.20. The van der Waals surface area contributed by atoms with Crippen LogP contribution in [-0.2, 0) is 12.1 Å². The molecule has 1 fully saturated rings. The molecular formula is C14H24ClN3. The van der Waals surface area contributed by atoms with Gasteiger partial charge in [0.15, 0.2) is 0 Å². The van der Waals surface area contributed by atoms with Gasteiger partial charge in [0.2, 0.25) is 0 Å². The molecule has 0 aromatic carbocycles. The lowest BCUT2D eigenvalue weighted by atomic mass is 9.85. The molecule has 2 heterocycles. The second kappa shape index (κ2) is 6.07. The molecule has 1 N–H and O–H groups in total. The zero-order valence-corrected chi connectivity index (χ0v) is 12.3. The molecule has 4 heteroatoms. The summed E-state index contributed by atoms with van der Waals surface area (Å²) >= 11 is 6.41. The second-order valence-electron chi connectivity index (χ2n) is 5.23. The molecule has 0 bridgehead atoms. The van der Waals surface area contributed by atoms with Crippen LogP contribution in [0.15, 0.2) is 6.20 Å². The first-order chi connectivity index (χ1) is 8.73. The normalized spacial score (nSPS) is 25.1. The van der Waals surface area contributed by atoms with Gasteiger partial charge in [0.25, 0.3) is 0 Å². The van der Waals surface area contributed by atoms with Crippen molar-refractivity contribution >= 4 is 11.6 Å². The third kappa shape index (κ3) is 2.57. The van der Waals surface area contributed by atoms with E-state index >= 15 is 0 Å². The van der Waals surface area contributed by atoms with E-state index < -0.39 is 0 Å². The Morgan fingerprint density at radius 1 is 1.39 bits per heavy atom. The van der Waals surface area contributed by atoms with E-state index in [4.69, 9.17) is 11.6 Å². The maximum atomic E-state index is 6.41. The van der Waals surface area contributed by atoms with Gasteiger partial charge in [-0.3, -0.25) is 4.68 Å². The maximum absolute atomic E-state index is 6.41. The predicted molar refractivity (Wildman–Crippen MR) is 76.0 cm³/mol.